The van der Waals surface area contributed by atoms with Crippen molar-refractivity contribution in [1.82, 2.24) is 0 Å². The van der Waals surface area contributed by atoms with Crippen LogP contribution in [0.1, 0.15) is 72.6 Å². The fraction of sp³-hybridized carbons (Fsp3) is 0.867. The second-order valence-electron chi connectivity index (χ2n) is 6.56. The lowest BCUT2D eigenvalue weighted by Crippen LogP contribution is -2.20. The van der Waals surface area contributed by atoms with Crippen LogP contribution in [0.2, 0.25) is 0 Å². The summed E-state index contributed by atoms with van der Waals surface area (Å²) >= 11 is 0. The molecule has 112 valence electrons. The summed E-state index contributed by atoms with van der Waals surface area (Å²) in [5.41, 5.74) is -1.61. The molecule has 0 aromatic carbocycles. The molecule has 0 heterocycles. The van der Waals surface area contributed by atoms with Crippen LogP contribution in [0.15, 0.2) is 0 Å². The van der Waals surface area contributed by atoms with Gasteiger partial charge in [-0.05, 0) is 47.0 Å². The van der Waals surface area contributed by atoms with Crippen LogP contribution < -0.4 is 0 Å². The second-order valence-corrected chi connectivity index (χ2v) is 6.56. The Bertz CT molecular complexity index is 264. The highest BCUT2D eigenvalue weighted by Crippen LogP contribution is 2.14. The van der Waals surface area contributed by atoms with E-state index in [1.54, 1.807) is 27.7 Å². The third-order valence-electron chi connectivity index (χ3n) is 2.94. The standard InChI is InChI=1S/C15H28O4/c1-14(2,18)10-8-12(16)6-5-7-13(17)9-11-15(3,4)19/h18-19H,5-11H2,1-4H3. The Kier molecular flexibility index (Phi) is 7.45. The van der Waals surface area contributed by atoms with Gasteiger partial charge in [0.1, 0.15) is 11.6 Å². The zero-order valence-electron chi connectivity index (χ0n) is 12.7. The van der Waals surface area contributed by atoms with Crippen molar-refractivity contribution in [2.45, 2.75) is 83.8 Å². The van der Waals surface area contributed by atoms with Gasteiger partial charge < -0.3 is 10.2 Å². The lowest BCUT2D eigenvalue weighted by molar-refractivity contribution is -0.121. The first-order valence-corrected chi connectivity index (χ1v) is 6.98. The average molecular weight is 272 g/mol. The van der Waals surface area contributed by atoms with Gasteiger partial charge in [-0.2, -0.15) is 0 Å². The van der Waals surface area contributed by atoms with Crippen LogP contribution >= 0.6 is 0 Å². The second kappa shape index (κ2) is 7.75. The summed E-state index contributed by atoms with van der Waals surface area (Å²) in [6, 6.07) is 0. The largest absolute Gasteiger partial charge is 0.390 e. The summed E-state index contributed by atoms with van der Waals surface area (Å²) in [5, 5.41) is 19.0. The Morgan fingerprint density at radius 1 is 0.737 bits per heavy atom. The third-order valence-corrected chi connectivity index (χ3v) is 2.94. The Morgan fingerprint density at radius 3 is 1.32 bits per heavy atom. The van der Waals surface area contributed by atoms with Gasteiger partial charge in [0.15, 0.2) is 0 Å². The highest BCUT2D eigenvalue weighted by molar-refractivity contribution is 5.81. The van der Waals surface area contributed by atoms with Crippen molar-refractivity contribution in [3.63, 3.8) is 0 Å². The lowest BCUT2D eigenvalue weighted by Gasteiger charge is -2.16. The molecule has 0 saturated carbocycles. The highest BCUT2D eigenvalue weighted by atomic mass is 16.3. The Balaban J connectivity index is 3.68. The minimum atomic E-state index is -0.807. The summed E-state index contributed by atoms with van der Waals surface area (Å²) in [4.78, 5) is 23.1. The Hall–Kier alpha value is -0.740. The molecule has 0 aliphatic rings. The zero-order valence-corrected chi connectivity index (χ0v) is 12.7. The van der Waals surface area contributed by atoms with Crippen molar-refractivity contribution in [3.05, 3.63) is 0 Å². The number of hydrogen-bond donors (Lipinski definition) is 2. The SMILES string of the molecule is CC(C)(O)CCC(=O)CCCC(=O)CCC(C)(C)O. The molecule has 0 aliphatic carbocycles. The van der Waals surface area contributed by atoms with Crippen LogP contribution in [-0.4, -0.2) is 33.0 Å². The molecule has 19 heavy (non-hydrogen) atoms. The van der Waals surface area contributed by atoms with Crippen LogP contribution in [0, 0.1) is 0 Å². The van der Waals surface area contributed by atoms with E-state index in [9.17, 15) is 19.8 Å². The van der Waals surface area contributed by atoms with Crippen molar-refractivity contribution >= 4 is 11.6 Å². The average Bonchev–Trinajstić information content (AvgIpc) is 2.22. The van der Waals surface area contributed by atoms with Crippen LogP contribution in [0.4, 0.5) is 0 Å². The van der Waals surface area contributed by atoms with Gasteiger partial charge in [0, 0.05) is 25.7 Å². The van der Waals surface area contributed by atoms with Gasteiger partial charge in [0.2, 0.25) is 0 Å². The van der Waals surface area contributed by atoms with Crippen LogP contribution in [0.25, 0.3) is 0 Å². The van der Waals surface area contributed by atoms with Gasteiger partial charge in [-0.3, -0.25) is 9.59 Å². The smallest absolute Gasteiger partial charge is 0.133 e. The Labute approximate surface area is 116 Å². The monoisotopic (exact) mass is 272 g/mol. The van der Waals surface area contributed by atoms with E-state index in [1.807, 2.05) is 0 Å². The molecule has 0 aromatic heterocycles. The number of aliphatic hydroxyl groups is 2. The van der Waals surface area contributed by atoms with Gasteiger partial charge in [0.25, 0.3) is 0 Å². The minimum absolute atomic E-state index is 0.0948. The maximum absolute atomic E-state index is 11.5. The molecule has 0 atom stereocenters. The number of carbonyl (C=O) groups is 2. The van der Waals surface area contributed by atoms with E-state index in [0.717, 1.165) is 0 Å². The molecule has 0 fully saturated rings. The molecule has 4 heteroatoms. The molecular formula is C15H28O4. The molecule has 0 aliphatic heterocycles. The molecule has 0 aromatic rings. The fourth-order valence-electron chi connectivity index (χ4n) is 1.62. The van der Waals surface area contributed by atoms with E-state index in [2.05, 4.69) is 0 Å². The summed E-state index contributed by atoms with van der Waals surface area (Å²) in [6.07, 6.45) is 2.99. The third kappa shape index (κ3) is 13.5. The van der Waals surface area contributed by atoms with Gasteiger partial charge in [-0.25, -0.2) is 0 Å². The first-order valence-electron chi connectivity index (χ1n) is 6.98. The summed E-state index contributed by atoms with van der Waals surface area (Å²) in [5.74, 6) is 0.190. The van der Waals surface area contributed by atoms with Gasteiger partial charge in [-0.15, -0.1) is 0 Å². The van der Waals surface area contributed by atoms with Crippen molar-refractivity contribution in [2.75, 3.05) is 0 Å². The number of rotatable bonds is 10. The molecule has 0 bridgehead atoms. The Morgan fingerprint density at radius 2 is 1.05 bits per heavy atom. The van der Waals surface area contributed by atoms with Crippen LogP contribution in [0.3, 0.4) is 0 Å². The van der Waals surface area contributed by atoms with E-state index in [1.165, 1.54) is 0 Å². The van der Waals surface area contributed by atoms with Crippen molar-refractivity contribution < 1.29 is 19.8 Å². The molecule has 0 rings (SSSR count). The highest BCUT2D eigenvalue weighted by Gasteiger charge is 2.16. The van der Waals surface area contributed by atoms with Gasteiger partial charge in [0.05, 0.1) is 11.2 Å². The molecular weight excluding hydrogens is 244 g/mol. The van der Waals surface area contributed by atoms with E-state index in [0.29, 0.717) is 44.9 Å². The first kappa shape index (κ1) is 18.3. The molecule has 0 radical (unpaired) electrons. The molecule has 4 nitrogen and oxygen atoms in total. The predicted octanol–water partition coefficient (Wildman–Crippen LogP) is 2.40. The van der Waals surface area contributed by atoms with Crippen molar-refractivity contribution in [3.8, 4) is 0 Å². The van der Waals surface area contributed by atoms with Crippen LogP contribution in [-0.2, 0) is 9.59 Å². The van der Waals surface area contributed by atoms with Crippen LogP contribution in [0.5, 0.6) is 0 Å². The van der Waals surface area contributed by atoms with Gasteiger partial charge in [-0.1, -0.05) is 0 Å². The number of carbonyl (C=O) groups excluding carboxylic acids is 2. The lowest BCUT2D eigenvalue weighted by atomic mass is 9.97. The normalized spacial score (nSPS) is 12.5. The van der Waals surface area contributed by atoms with E-state index in [-0.39, 0.29) is 11.6 Å². The van der Waals surface area contributed by atoms with E-state index >= 15 is 0 Å². The molecule has 0 spiro atoms. The van der Waals surface area contributed by atoms with E-state index in [4.69, 9.17) is 0 Å². The number of Topliss-reactive ketones (excluding diaryl/α,β-unsaturated/α-hetero) is 2. The summed E-state index contributed by atoms with van der Waals surface area (Å²) in [7, 11) is 0. The number of ketones is 2. The number of hydrogen-bond acceptors (Lipinski definition) is 4. The van der Waals surface area contributed by atoms with Crippen molar-refractivity contribution in [1.29, 1.82) is 0 Å². The molecule has 2 N–H and O–H groups in total. The van der Waals surface area contributed by atoms with E-state index < -0.39 is 11.2 Å². The maximum atomic E-state index is 11.5. The quantitative estimate of drug-likeness (QED) is 0.640. The summed E-state index contributed by atoms with van der Waals surface area (Å²) < 4.78 is 0. The first-order chi connectivity index (χ1) is 8.49. The van der Waals surface area contributed by atoms with Gasteiger partial charge >= 0.3 is 0 Å². The molecule has 0 saturated heterocycles. The predicted molar refractivity (Wildman–Crippen MR) is 74.9 cm³/mol. The molecule has 0 unspecified atom stereocenters. The maximum Gasteiger partial charge on any atom is 0.133 e. The molecule has 0 amide bonds. The minimum Gasteiger partial charge on any atom is -0.390 e. The topological polar surface area (TPSA) is 74.6 Å². The zero-order chi connectivity index (χ0) is 15.1. The fourth-order valence-corrected chi connectivity index (χ4v) is 1.62. The van der Waals surface area contributed by atoms with Crippen molar-refractivity contribution in [2.24, 2.45) is 0 Å². The summed E-state index contributed by atoms with van der Waals surface area (Å²) in [6.45, 7) is 6.72.